The molecule has 0 fully saturated rings. The molecular weight excluding hydrogens is 588 g/mol. The Labute approximate surface area is 239 Å². The Kier molecular flexibility index (Phi) is 367. The number of hydrogen-bond acceptors (Lipinski definition) is 0. The zero-order valence-corrected chi connectivity index (χ0v) is 29.5. The van der Waals surface area contributed by atoms with Gasteiger partial charge in [0.25, 0.3) is 0 Å². The Hall–Kier alpha value is 1.22. The van der Waals surface area contributed by atoms with Gasteiger partial charge in [-0.25, -0.2) is 0 Å². The van der Waals surface area contributed by atoms with Gasteiger partial charge in [-0.05, 0) is 74.5 Å². The molecule has 0 rings (SSSR count). The van der Waals surface area contributed by atoms with E-state index in [4.69, 9.17) is 27.9 Å². The summed E-state index contributed by atoms with van der Waals surface area (Å²) in [5, 5.41) is 0. The van der Waals surface area contributed by atoms with Gasteiger partial charge in [0.1, 0.15) is 0 Å². The fourth-order valence-corrected chi connectivity index (χ4v) is 4.50. The van der Waals surface area contributed by atoms with E-state index in [1.807, 2.05) is 0 Å². The predicted octanol–water partition coefficient (Wildman–Crippen LogP) is 5.60. The molecule has 34 heavy (non-hydrogen) atoms. The summed E-state index contributed by atoms with van der Waals surface area (Å²) in [4.78, 5) is 0. The molecule has 0 saturated carbocycles. The van der Waals surface area contributed by atoms with E-state index >= 15 is 0 Å². The molecule has 6 nitrogen and oxygen atoms in total. The first-order valence-corrected chi connectivity index (χ1v) is 18.8. The monoisotopic (exact) mass is 636 g/mol. The molecule has 0 aromatic rings. The van der Waals surface area contributed by atoms with Crippen molar-refractivity contribution in [2.75, 3.05) is 63.6 Å². The first-order chi connectivity index (χ1) is 15.5. The zero-order valence-electron chi connectivity index (χ0n) is 22.7. The zero-order chi connectivity index (χ0) is 28.8. The van der Waals surface area contributed by atoms with Gasteiger partial charge in [-0.15, -0.1) is 0 Å². The van der Waals surface area contributed by atoms with Crippen LogP contribution in [0.3, 0.4) is 0 Å². The summed E-state index contributed by atoms with van der Waals surface area (Å²) in [5.74, 6) is 0. The van der Waals surface area contributed by atoms with Crippen LogP contribution in [0.25, 0.3) is 0 Å². The van der Waals surface area contributed by atoms with Crippen molar-refractivity contribution in [3.8, 4) is 0 Å². The van der Waals surface area contributed by atoms with Gasteiger partial charge in [0, 0.05) is 61.4 Å². The Morgan fingerprint density at radius 2 is 0.441 bits per heavy atom. The predicted molar refractivity (Wildman–Crippen MR) is 147 cm³/mol. The van der Waals surface area contributed by atoms with Crippen molar-refractivity contribution in [1.29, 1.82) is 0 Å². The first kappa shape index (κ1) is 76.5. The van der Waals surface area contributed by atoms with Gasteiger partial charge in [-0.1, -0.05) is 0 Å². The summed E-state index contributed by atoms with van der Waals surface area (Å²) in [5.41, 5.74) is 0. The van der Waals surface area contributed by atoms with Gasteiger partial charge in [0.2, 0.25) is 0 Å². The first-order valence-electron chi connectivity index (χ1n) is 9.90. The van der Waals surface area contributed by atoms with Crippen LogP contribution in [0.5, 0.6) is 0 Å². The summed E-state index contributed by atoms with van der Waals surface area (Å²) in [6, 6.07) is 0. The standard InChI is InChI=1S/2C6H15P.2C2H7P.6CO.2Cr/c2*1-4-7(5-2)6-3;2*1-3-2;6*1-2;;/h2*4-6H2,1-3H3;2*3H,1-2H3;;;;;;;;/p+4. The SMILES string of the molecule is CC[PH+](CC)CC.CC[PH+](CC)CC.C[PH2+]C.C[PH2+]C.[C-]#[O+].[C-]#[O+].[C-]#[O+].[C-]#[O+].[C-]#[O+].[C-]#[O+].[Cr].[Cr]. The van der Waals surface area contributed by atoms with Crippen LogP contribution in [0.4, 0.5) is 0 Å². The van der Waals surface area contributed by atoms with Crippen molar-refractivity contribution in [2.45, 2.75) is 41.5 Å². The van der Waals surface area contributed by atoms with Crippen LogP contribution in [0, 0.1) is 39.9 Å². The van der Waals surface area contributed by atoms with Crippen molar-refractivity contribution in [1.82, 2.24) is 0 Å². The molecule has 0 radical (unpaired) electrons. The van der Waals surface area contributed by atoms with E-state index < -0.39 is 0 Å². The maximum atomic E-state index is 7.50. The fourth-order valence-electron chi connectivity index (χ4n) is 1.50. The molecular formula is C22H48Cr2O6P4+4. The number of hydrogen-bond donors (Lipinski definition) is 0. The van der Waals surface area contributed by atoms with E-state index in [1.54, 1.807) is 0 Å². The molecule has 0 spiro atoms. The minimum Gasteiger partial charge on any atom is 0 e. The molecule has 0 N–H and O–H groups in total. The maximum Gasteiger partial charge on any atom is 0 e. The van der Waals surface area contributed by atoms with Gasteiger partial charge in [-0.2, -0.15) is 0 Å². The van der Waals surface area contributed by atoms with Gasteiger partial charge in [-0.3, -0.25) is 0 Å². The molecule has 0 aliphatic rings. The van der Waals surface area contributed by atoms with Crippen molar-refractivity contribution >= 4 is 33.0 Å². The molecule has 0 bridgehead atoms. The molecule has 0 amide bonds. The summed E-state index contributed by atoms with van der Waals surface area (Å²) in [6.45, 7) is 49.7. The molecule has 0 unspecified atom stereocenters. The van der Waals surface area contributed by atoms with Crippen LogP contribution >= 0.6 is 33.0 Å². The second-order valence-electron chi connectivity index (χ2n) is 4.78. The third-order valence-corrected chi connectivity index (χ3v) is 9.00. The van der Waals surface area contributed by atoms with Gasteiger partial charge >= 0.3 is 67.8 Å². The molecule has 0 aromatic carbocycles. The quantitative estimate of drug-likeness (QED) is 0.205. The molecule has 200 valence electrons. The van der Waals surface area contributed by atoms with Crippen molar-refractivity contribution in [3.63, 3.8) is 0 Å². The van der Waals surface area contributed by atoms with E-state index in [0.717, 1.165) is 17.2 Å². The van der Waals surface area contributed by atoms with Crippen LogP contribution in [-0.2, 0) is 62.6 Å². The average molecular weight is 637 g/mol. The summed E-state index contributed by atoms with van der Waals surface area (Å²) in [6.07, 6.45) is 8.74. The molecule has 0 saturated heterocycles. The van der Waals surface area contributed by atoms with E-state index in [2.05, 4.69) is 108 Å². The van der Waals surface area contributed by atoms with Gasteiger partial charge in [0.15, 0.2) is 0 Å². The normalized spacial score (nSPS) is 5.65. The van der Waals surface area contributed by atoms with E-state index in [9.17, 15) is 0 Å². The summed E-state index contributed by atoms with van der Waals surface area (Å²) >= 11 is 0. The minimum absolute atomic E-state index is 0. The van der Waals surface area contributed by atoms with E-state index in [-0.39, 0.29) is 50.6 Å². The Balaban J connectivity index is -0.0000000167. The molecule has 0 aromatic heterocycles. The molecule has 0 aliphatic carbocycles. The number of rotatable bonds is 6. The Morgan fingerprint density at radius 3 is 0.441 bits per heavy atom. The van der Waals surface area contributed by atoms with Gasteiger partial charge < -0.3 is 0 Å². The molecule has 12 heteroatoms. The summed E-state index contributed by atoms with van der Waals surface area (Å²) in [7, 11) is 1.77. The van der Waals surface area contributed by atoms with Crippen LogP contribution in [0.2, 0.25) is 0 Å². The summed E-state index contributed by atoms with van der Waals surface area (Å²) < 4.78 is 45.0. The molecule has 0 atom stereocenters. The second-order valence-corrected chi connectivity index (χ2v) is 14.3. The van der Waals surface area contributed by atoms with Crippen LogP contribution < -0.4 is 0 Å². The third kappa shape index (κ3) is 197. The average Bonchev–Trinajstić information content (AvgIpc) is 2.90. The largest absolute Gasteiger partial charge is 0 e. The van der Waals surface area contributed by atoms with Crippen LogP contribution in [0.1, 0.15) is 41.5 Å². The fraction of sp³-hybridized carbons (Fsp3) is 0.727. The smallest absolute Gasteiger partial charge is 0 e. The van der Waals surface area contributed by atoms with Crippen molar-refractivity contribution in [3.05, 3.63) is 39.9 Å². The Bertz CT molecular complexity index is 261. The van der Waals surface area contributed by atoms with Gasteiger partial charge in [0.05, 0.1) is 37.0 Å². The van der Waals surface area contributed by atoms with Crippen LogP contribution in [-0.4, -0.2) is 63.6 Å². The van der Waals surface area contributed by atoms with Crippen molar-refractivity contribution in [2.24, 2.45) is 0 Å². The minimum atomic E-state index is 0. The van der Waals surface area contributed by atoms with E-state index in [1.165, 1.54) is 37.0 Å². The molecule has 0 heterocycles. The second kappa shape index (κ2) is 163. The molecule has 0 aliphatic heterocycles. The van der Waals surface area contributed by atoms with Crippen molar-refractivity contribution < 1.29 is 62.6 Å². The maximum absolute atomic E-state index is 7.50. The third-order valence-electron chi connectivity index (χ3n) is 3.00. The van der Waals surface area contributed by atoms with Crippen LogP contribution in [0.15, 0.2) is 0 Å². The topological polar surface area (TPSA) is 119 Å². The Morgan fingerprint density at radius 1 is 0.382 bits per heavy atom. The van der Waals surface area contributed by atoms with E-state index in [0.29, 0.717) is 0 Å².